The Morgan fingerprint density at radius 3 is 3.00 bits per heavy atom. The molecule has 1 aliphatic heterocycles. The fraction of sp³-hybridized carbons (Fsp3) is 0.500. The number of likely N-dealkylation sites (N-methyl/N-ethyl adjacent to an activating group) is 1. The molecule has 2 N–H and O–H groups in total. The van der Waals surface area contributed by atoms with E-state index in [1.54, 1.807) is 0 Å². The first-order chi connectivity index (χ1) is 6.74. The minimum absolute atomic E-state index is 0.417. The van der Waals surface area contributed by atoms with Gasteiger partial charge in [-0.2, -0.15) is 0 Å². The van der Waals surface area contributed by atoms with Gasteiger partial charge in [-0.25, -0.2) is 0 Å². The summed E-state index contributed by atoms with van der Waals surface area (Å²) in [5.74, 6) is 0. The normalized spacial score (nSPS) is 22.1. The molecular formula is C12H18N2. The average molecular weight is 190 g/mol. The second-order valence-corrected chi connectivity index (χ2v) is 4.13. The van der Waals surface area contributed by atoms with Crippen molar-refractivity contribution in [2.45, 2.75) is 19.4 Å². The quantitative estimate of drug-likeness (QED) is 0.727. The SMILES string of the molecule is Cc1cccc2c1C(CN)N(C)CC2. The lowest BCUT2D eigenvalue weighted by Crippen LogP contribution is -2.36. The first kappa shape index (κ1) is 9.69. The molecular weight excluding hydrogens is 172 g/mol. The van der Waals surface area contributed by atoms with Crippen molar-refractivity contribution < 1.29 is 0 Å². The minimum Gasteiger partial charge on any atom is -0.329 e. The number of hydrogen-bond donors (Lipinski definition) is 1. The zero-order valence-electron chi connectivity index (χ0n) is 8.96. The molecule has 1 aromatic carbocycles. The van der Waals surface area contributed by atoms with Crippen LogP contribution in [0, 0.1) is 6.92 Å². The first-order valence-electron chi connectivity index (χ1n) is 5.22. The molecule has 1 aliphatic rings. The largest absolute Gasteiger partial charge is 0.329 e. The lowest BCUT2D eigenvalue weighted by atomic mass is 9.89. The van der Waals surface area contributed by atoms with Crippen LogP contribution in [0.1, 0.15) is 22.7 Å². The van der Waals surface area contributed by atoms with Crippen LogP contribution in [0.2, 0.25) is 0 Å². The maximum atomic E-state index is 5.84. The Morgan fingerprint density at radius 1 is 1.50 bits per heavy atom. The van der Waals surface area contributed by atoms with Crippen LogP contribution in [0.25, 0.3) is 0 Å². The van der Waals surface area contributed by atoms with Gasteiger partial charge < -0.3 is 5.73 Å². The molecule has 1 atom stereocenters. The molecule has 0 spiro atoms. The standard InChI is InChI=1S/C12H18N2/c1-9-4-3-5-10-6-7-14(2)11(8-13)12(9)10/h3-5,11H,6-8,13H2,1-2H3. The van der Waals surface area contributed by atoms with Gasteiger partial charge in [0.1, 0.15) is 0 Å². The van der Waals surface area contributed by atoms with E-state index >= 15 is 0 Å². The van der Waals surface area contributed by atoms with Gasteiger partial charge in [-0.05, 0) is 37.1 Å². The molecule has 0 saturated carbocycles. The van der Waals surface area contributed by atoms with E-state index in [9.17, 15) is 0 Å². The zero-order chi connectivity index (χ0) is 10.1. The van der Waals surface area contributed by atoms with Crippen LogP contribution in [-0.4, -0.2) is 25.0 Å². The summed E-state index contributed by atoms with van der Waals surface area (Å²) in [7, 11) is 2.16. The smallest absolute Gasteiger partial charge is 0.0472 e. The van der Waals surface area contributed by atoms with Crippen molar-refractivity contribution in [2.24, 2.45) is 5.73 Å². The monoisotopic (exact) mass is 190 g/mol. The summed E-state index contributed by atoms with van der Waals surface area (Å²) >= 11 is 0. The summed E-state index contributed by atoms with van der Waals surface area (Å²) in [4.78, 5) is 2.36. The fourth-order valence-electron chi connectivity index (χ4n) is 2.41. The highest BCUT2D eigenvalue weighted by atomic mass is 15.1. The topological polar surface area (TPSA) is 29.3 Å². The number of aryl methyl sites for hydroxylation is 1. The van der Waals surface area contributed by atoms with E-state index in [0.717, 1.165) is 13.0 Å². The number of rotatable bonds is 1. The van der Waals surface area contributed by atoms with Crippen molar-refractivity contribution in [1.29, 1.82) is 0 Å². The van der Waals surface area contributed by atoms with Crippen molar-refractivity contribution in [3.63, 3.8) is 0 Å². The number of fused-ring (bicyclic) bond motifs is 1. The summed E-state index contributed by atoms with van der Waals surface area (Å²) in [6.45, 7) is 4.02. The number of hydrogen-bond acceptors (Lipinski definition) is 2. The van der Waals surface area contributed by atoms with Gasteiger partial charge in [-0.15, -0.1) is 0 Å². The molecule has 1 unspecified atom stereocenters. The van der Waals surface area contributed by atoms with Gasteiger partial charge in [0.2, 0.25) is 0 Å². The van der Waals surface area contributed by atoms with E-state index in [2.05, 4.69) is 37.1 Å². The molecule has 1 aromatic rings. The van der Waals surface area contributed by atoms with E-state index in [-0.39, 0.29) is 0 Å². The highest BCUT2D eigenvalue weighted by Gasteiger charge is 2.24. The fourth-order valence-corrected chi connectivity index (χ4v) is 2.41. The summed E-state index contributed by atoms with van der Waals surface area (Å²) in [6.07, 6.45) is 1.16. The van der Waals surface area contributed by atoms with E-state index in [0.29, 0.717) is 12.6 Å². The molecule has 0 radical (unpaired) electrons. The Morgan fingerprint density at radius 2 is 2.29 bits per heavy atom. The van der Waals surface area contributed by atoms with Crippen molar-refractivity contribution in [2.75, 3.05) is 20.1 Å². The molecule has 0 fully saturated rings. The van der Waals surface area contributed by atoms with Crippen molar-refractivity contribution in [3.05, 3.63) is 34.9 Å². The minimum atomic E-state index is 0.417. The predicted molar refractivity (Wildman–Crippen MR) is 59.3 cm³/mol. The van der Waals surface area contributed by atoms with Gasteiger partial charge in [0.05, 0.1) is 0 Å². The van der Waals surface area contributed by atoms with E-state index < -0.39 is 0 Å². The molecule has 0 saturated heterocycles. The van der Waals surface area contributed by atoms with E-state index in [1.807, 2.05) is 0 Å². The van der Waals surface area contributed by atoms with Crippen molar-refractivity contribution >= 4 is 0 Å². The lowest BCUT2D eigenvalue weighted by molar-refractivity contribution is 0.235. The summed E-state index contributed by atoms with van der Waals surface area (Å²) < 4.78 is 0. The van der Waals surface area contributed by atoms with Gasteiger partial charge in [0.15, 0.2) is 0 Å². The van der Waals surface area contributed by atoms with Gasteiger partial charge in [-0.3, -0.25) is 4.90 Å². The average Bonchev–Trinajstić information content (AvgIpc) is 2.19. The van der Waals surface area contributed by atoms with Crippen molar-refractivity contribution in [3.8, 4) is 0 Å². The Balaban J connectivity index is 2.49. The summed E-state index contributed by atoms with van der Waals surface area (Å²) in [5.41, 5.74) is 10.2. The highest BCUT2D eigenvalue weighted by molar-refractivity contribution is 5.39. The number of benzene rings is 1. The van der Waals surface area contributed by atoms with Crippen LogP contribution in [0.4, 0.5) is 0 Å². The second kappa shape index (κ2) is 3.71. The maximum Gasteiger partial charge on any atom is 0.0472 e. The maximum absolute atomic E-state index is 5.84. The van der Waals surface area contributed by atoms with Gasteiger partial charge in [0.25, 0.3) is 0 Å². The summed E-state index contributed by atoms with van der Waals surface area (Å²) in [6, 6.07) is 6.98. The Bertz CT molecular complexity index is 333. The molecule has 0 amide bonds. The third-order valence-electron chi connectivity index (χ3n) is 3.24. The molecule has 0 bridgehead atoms. The second-order valence-electron chi connectivity index (χ2n) is 4.13. The Kier molecular flexibility index (Phi) is 2.57. The number of nitrogens with zero attached hydrogens (tertiary/aromatic N) is 1. The van der Waals surface area contributed by atoms with E-state index in [1.165, 1.54) is 16.7 Å². The molecule has 0 aliphatic carbocycles. The van der Waals surface area contributed by atoms with Crippen LogP contribution >= 0.6 is 0 Å². The Labute approximate surface area is 85.7 Å². The van der Waals surface area contributed by atoms with Gasteiger partial charge >= 0.3 is 0 Å². The number of nitrogens with two attached hydrogens (primary N) is 1. The molecule has 2 rings (SSSR count). The molecule has 14 heavy (non-hydrogen) atoms. The molecule has 76 valence electrons. The summed E-state index contributed by atoms with van der Waals surface area (Å²) in [5, 5.41) is 0. The zero-order valence-corrected chi connectivity index (χ0v) is 8.96. The molecule has 0 aromatic heterocycles. The van der Waals surface area contributed by atoms with Crippen LogP contribution in [0.3, 0.4) is 0 Å². The molecule has 2 nitrogen and oxygen atoms in total. The van der Waals surface area contributed by atoms with Gasteiger partial charge in [0, 0.05) is 19.1 Å². The van der Waals surface area contributed by atoms with Gasteiger partial charge in [-0.1, -0.05) is 18.2 Å². The molecule has 1 heterocycles. The lowest BCUT2D eigenvalue weighted by Gasteiger charge is -2.34. The third kappa shape index (κ3) is 1.45. The highest BCUT2D eigenvalue weighted by Crippen LogP contribution is 2.30. The Hall–Kier alpha value is -0.860. The first-order valence-corrected chi connectivity index (χ1v) is 5.22. The van der Waals surface area contributed by atoms with Crippen LogP contribution in [0.5, 0.6) is 0 Å². The molecule has 2 heteroatoms. The third-order valence-corrected chi connectivity index (χ3v) is 3.24. The van der Waals surface area contributed by atoms with Crippen LogP contribution < -0.4 is 5.73 Å². The van der Waals surface area contributed by atoms with Crippen LogP contribution in [-0.2, 0) is 6.42 Å². The van der Waals surface area contributed by atoms with Crippen LogP contribution in [0.15, 0.2) is 18.2 Å². The van der Waals surface area contributed by atoms with Crippen molar-refractivity contribution in [1.82, 2.24) is 4.90 Å². The van der Waals surface area contributed by atoms with E-state index in [4.69, 9.17) is 5.73 Å². The predicted octanol–water partition coefficient (Wildman–Crippen LogP) is 1.48.